The highest BCUT2D eigenvalue weighted by atomic mass is 32.2. The fourth-order valence-electron chi connectivity index (χ4n) is 2.72. The molecule has 32 heavy (non-hydrogen) atoms. The summed E-state index contributed by atoms with van der Waals surface area (Å²) in [4.78, 5) is 27.5. The first kappa shape index (κ1) is 23.3. The number of thiophene rings is 1. The number of aromatic nitrogens is 2. The maximum atomic E-state index is 14.5. The smallest absolute Gasteiger partial charge is 0.332 e. The summed E-state index contributed by atoms with van der Waals surface area (Å²) in [6.45, 7) is 1.75. The SMILES string of the molecule is CNC(OC(=O)/C=C/C(=O)O)c1cn(S(=O)(=O)c2ccc(C)s2)c(-c2ccccc2F)n1. The Kier molecular flexibility index (Phi) is 6.87. The lowest BCUT2D eigenvalue weighted by atomic mass is 10.2. The molecule has 2 aromatic heterocycles. The van der Waals surface area contributed by atoms with Gasteiger partial charge in [0.1, 0.15) is 15.7 Å². The van der Waals surface area contributed by atoms with E-state index in [1.807, 2.05) is 0 Å². The molecular weight excluding hydrogens is 461 g/mol. The van der Waals surface area contributed by atoms with Gasteiger partial charge in [0.25, 0.3) is 10.0 Å². The number of rotatable bonds is 8. The summed E-state index contributed by atoms with van der Waals surface area (Å²) in [7, 11) is -2.71. The van der Waals surface area contributed by atoms with Crippen molar-refractivity contribution in [2.24, 2.45) is 0 Å². The average molecular weight is 480 g/mol. The lowest BCUT2D eigenvalue weighted by Crippen LogP contribution is -2.22. The molecule has 0 spiro atoms. The number of imidazole rings is 1. The van der Waals surface area contributed by atoms with Crippen LogP contribution in [0, 0.1) is 12.7 Å². The Bertz CT molecular complexity index is 1300. The summed E-state index contributed by atoms with van der Waals surface area (Å²) in [6, 6.07) is 8.62. The summed E-state index contributed by atoms with van der Waals surface area (Å²) in [6.07, 6.45) is 1.20. The third-order valence-electron chi connectivity index (χ3n) is 4.16. The van der Waals surface area contributed by atoms with Crippen LogP contribution in [0.1, 0.15) is 16.8 Å². The minimum Gasteiger partial charge on any atom is -0.478 e. The molecule has 0 aliphatic carbocycles. The fraction of sp³-hybridized carbons (Fsp3) is 0.150. The number of carbonyl (C=O) groups excluding carboxylic acids is 1. The number of halogens is 1. The minimum absolute atomic E-state index is 0.0268. The highest BCUT2D eigenvalue weighted by Crippen LogP contribution is 2.31. The van der Waals surface area contributed by atoms with Crippen LogP contribution < -0.4 is 5.32 Å². The molecule has 0 saturated carbocycles. The van der Waals surface area contributed by atoms with Gasteiger partial charge in [-0.15, -0.1) is 11.3 Å². The van der Waals surface area contributed by atoms with Gasteiger partial charge in [0.15, 0.2) is 12.1 Å². The number of aliphatic carboxylic acids is 1. The quantitative estimate of drug-likeness (QED) is 0.287. The number of ether oxygens (including phenoxy) is 1. The van der Waals surface area contributed by atoms with E-state index in [1.54, 1.807) is 13.0 Å². The Hall–Kier alpha value is -3.35. The minimum atomic E-state index is -4.14. The van der Waals surface area contributed by atoms with Crippen molar-refractivity contribution in [3.63, 3.8) is 0 Å². The number of hydrogen-bond donors (Lipinski definition) is 2. The number of aryl methyl sites for hydroxylation is 1. The van der Waals surface area contributed by atoms with Crippen LogP contribution in [0.4, 0.5) is 4.39 Å². The average Bonchev–Trinajstić information content (AvgIpc) is 3.38. The van der Waals surface area contributed by atoms with E-state index in [0.29, 0.717) is 12.2 Å². The number of nitrogens with one attached hydrogen (secondary N) is 1. The van der Waals surface area contributed by atoms with E-state index in [4.69, 9.17) is 9.84 Å². The molecule has 0 amide bonds. The maximum absolute atomic E-state index is 14.5. The molecule has 0 radical (unpaired) electrons. The van der Waals surface area contributed by atoms with E-state index in [1.165, 1.54) is 37.4 Å². The molecule has 2 N–H and O–H groups in total. The van der Waals surface area contributed by atoms with Crippen LogP contribution in [0.25, 0.3) is 11.4 Å². The topological polar surface area (TPSA) is 128 Å². The molecule has 2 heterocycles. The van der Waals surface area contributed by atoms with Gasteiger partial charge in [-0.1, -0.05) is 12.1 Å². The van der Waals surface area contributed by atoms with Crippen LogP contribution in [0.2, 0.25) is 0 Å². The largest absolute Gasteiger partial charge is 0.478 e. The Morgan fingerprint density at radius 3 is 2.56 bits per heavy atom. The van der Waals surface area contributed by atoms with Crippen LogP contribution in [0.5, 0.6) is 0 Å². The lowest BCUT2D eigenvalue weighted by molar-refractivity contribution is -0.145. The number of hydrogen-bond acceptors (Lipinski definition) is 8. The number of carbonyl (C=O) groups is 2. The van der Waals surface area contributed by atoms with Crippen molar-refractivity contribution in [1.82, 2.24) is 14.3 Å². The third-order valence-corrected chi connectivity index (χ3v) is 7.28. The van der Waals surface area contributed by atoms with Crippen molar-refractivity contribution in [1.29, 1.82) is 0 Å². The van der Waals surface area contributed by atoms with Gasteiger partial charge in [-0.05, 0) is 38.2 Å². The van der Waals surface area contributed by atoms with Crippen molar-refractivity contribution in [2.75, 3.05) is 7.05 Å². The summed E-state index contributed by atoms with van der Waals surface area (Å²) in [5.74, 6) is -3.23. The second-order valence-electron chi connectivity index (χ2n) is 6.41. The van der Waals surface area contributed by atoms with E-state index in [2.05, 4.69) is 10.3 Å². The van der Waals surface area contributed by atoms with E-state index in [9.17, 15) is 22.4 Å². The molecule has 0 bridgehead atoms. The predicted octanol–water partition coefficient (Wildman–Crippen LogP) is 2.70. The molecule has 0 fully saturated rings. The van der Waals surface area contributed by atoms with E-state index >= 15 is 0 Å². The number of esters is 1. The van der Waals surface area contributed by atoms with Gasteiger partial charge >= 0.3 is 11.9 Å². The Morgan fingerprint density at radius 1 is 1.25 bits per heavy atom. The first-order valence-electron chi connectivity index (χ1n) is 9.08. The van der Waals surface area contributed by atoms with Gasteiger partial charge in [0.05, 0.1) is 5.56 Å². The highest BCUT2D eigenvalue weighted by molar-refractivity contribution is 7.92. The van der Waals surface area contributed by atoms with Crippen LogP contribution in [-0.2, 0) is 24.3 Å². The standard InChI is InChI=1S/C20H18FN3O6S2/c1-12-7-10-18(31-12)32(28,29)24-11-15(20(22-2)30-17(27)9-8-16(25)26)23-19(24)13-5-3-4-6-14(13)21/h3-11,20,22H,1-2H3,(H,25,26)/b9-8+. The normalized spacial score (nSPS) is 12.7. The molecule has 12 heteroatoms. The zero-order chi connectivity index (χ0) is 23.5. The van der Waals surface area contributed by atoms with Gasteiger partial charge in [0, 0.05) is 23.2 Å². The first-order valence-corrected chi connectivity index (χ1v) is 11.3. The lowest BCUT2D eigenvalue weighted by Gasteiger charge is -2.13. The summed E-state index contributed by atoms with van der Waals surface area (Å²) >= 11 is 1.04. The van der Waals surface area contributed by atoms with Crippen LogP contribution in [-0.4, -0.2) is 41.5 Å². The summed E-state index contributed by atoms with van der Waals surface area (Å²) < 4.78 is 47.1. The van der Waals surface area contributed by atoms with Crippen LogP contribution in [0.15, 0.2) is 59.0 Å². The maximum Gasteiger partial charge on any atom is 0.332 e. The third kappa shape index (κ3) is 4.93. The van der Waals surface area contributed by atoms with Gasteiger partial charge in [0.2, 0.25) is 0 Å². The molecule has 3 aromatic rings. The summed E-state index contributed by atoms with van der Waals surface area (Å²) in [5, 5.41) is 11.3. The van der Waals surface area contributed by atoms with Gasteiger partial charge in [-0.25, -0.2) is 22.9 Å². The molecule has 9 nitrogen and oxygen atoms in total. The van der Waals surface area contributed by atoms with Crippen LogP contribution in [0.3, 0.4) is 0 Å². The first-order chi connectivity index (χ1) is 15.1. The van der Waals surface area contributed by atoms with Crippen molar-refractivity contribution in [3.8, 4) is 11.4 Å². The second kappa shape index (κ2) is 9.42. The number of carboxylic acid groups (broad SMARTS) is 1. The van der Waals surface area contributed by atoms with Gasteiger partial charge < -0.3 is 9.84 Å². The Balaban J connectivity index is 2.11. The Labute approximate surface area is 186 Å². The number of carboxylic acids is 1. The van der Waals surface area contributed by atoms with Gasteiger partial charge in [-0.3, -0.25) is 5.32 Å². The van der Waals surface area contributed by atoms with E-state index in [0.717, 1.165) is 26.4 Å². The van der Waals surface area contributed by atoms with Crippen molar-refractivity contribution in [2.45, 2.75) is 17.4 Å². The molecular formula is C20H18FN3O6S2. The molecule has 1 unspecified atom stereocenters. The molecule has 0 saturated heterocycles. The van der Waals surface area contributed by atoms with Crippen molar-refractivity contribution in [3.05, 3.63) is 71.1 Å². The van der Waals surface area contributed by atoms with E-state index in [-0.39, 0.29) is 21.3 Å². The number of benzene rings is 1. The van der Waals surface area contributed by atoms with E-state index < -0.39 is 34.0 Å². The molecule has 1 atom stereocenters. The molecule has 1 aromatic carbocycles. The van der Waals surface area contributed by atoms with Crippen molar-refractivity contribution >= 4 is 33.3 Å². The zero-order valence-corrected chi connectivity index (χ0v) is 18.5. The van der Waals surface area contributed by atoms with Crippen LogP contribution >= 0.6 is 11.3 Å². The molecule has 168 valence electrons. The fourth-order valence-corrected chi connectivity index (χ4v) is 5.42. The van der Waals surface area contributed by atoms with Gasteiger partial charge in [-0.2, -0.15) is 8.42 Å². The molecule has 0 aliphatic rings. The molecule has 0 aliphatic heterocycles. The van der Waals surface area contributed by atoms with Crippen molar-refractivity contribution < 1.29 is 32.2 Å². The number of nitrogens with zero attached hydrogens (tertiary/aromatic N) is 2. The predicted molar refractivity (Wildman–Crippen MR) is 114 cm³/mol. The zero-order valence-electron chi connectivity index (χ0n) is 16.9. The second-order valence-corrected chi connectivity index (χ2v) is 9.74. The Morgan fingerprint density at radius 2 is 1.97 bits per heavy atom. The monoisotopic (exact) mass is 479 g/mol. The highest BCUT2D eigenvalue weighted by Gasteiger charge is 2.28. The summed E-state index contributed by atoms with van der Waals surface area (Å²) in [5.41, 5.74) is -0.0952. The molecule has 3 rings (SSSR count).